The molecule has 0 radical (unpaired) electrons. The van der Waals surface area contributed by atoms with Gasteiger partial charge in [-0.25, -0.2) is 9.37 Å². The summed E-state index contributed by atoms with van der Waals surface area (Å²) >= 11 is 3.23. The Morgan fingerprint density at radius 1 is 1.63 bits per heavy atom. The van der Waals surface area contributed by atoms with Crippen molar-refractivity contribution >= 4 is 21.7 Å². The van der Waals surface area contributed by atoms with Crippen LogP contribution >= 0.6 is 15.9 Å². The first-order valence-electron chi connectivity index (χ1n) is 6.58. The van der Waals surface area contributed by atoms with Crippen molar-refractivity contribution in [2.75, 3.05) is 37.7 Å². The summed E-state index contributed by atoms with van der Waals surface area (Å²) in [7, 11) is 0. The number of hydrogen-bond donors (Lipinski definition) is 1. The molecule has 6 heteroatoms. The molecule has 1 saturated heterocycles. The molecule has 1 aromatic rings. The summed E-state index contributed by atoms with van der Waals surface area (Å²) in [6, 6.07) is 1.58. The summed E-state index contributed by atoms with van der Waals surface area (Å²) < 4.78 is 20.1. The minimum atomic E-state index is -0.295. The van der Waals surface area contributed by atoms with E-state index in [1.165, 1.54) is 6.07 Å². The van der Waals surface area contributed by atoms with E-state index in [2.05, 4.69) is 33.2 Å². The third kappa shape index (κ3) is 3.87. The van der Waals surface area contributed by atoms with Crippen molar-refractivity contribution in [3.63, 3.8) is 0 Å². The summed E-state index contributed by atoms with van der Waals surface area (Å²) in [4.78, 5) is 6.19. The van der Waals surface area contributed by atoms with Crippen molar-refractivity contribution in [1.82, 2.24) is 10.3 Å². The Hall–Kier alpha value is -0.720. The van der Waals surface area contributed by atoms with Crippen LogP contribution < -0.4 is 10.2 Å². The summed E-state index contributed by atoms with van der Waals surface area (Å²) in [6.07, 6.45) is 2.71. The third-order valence-corrected chi connectivity index (χ3v) is 3.53. The molecule has 106 valence electrons. The average molecular weight is 332 g/mol. The van der Waals surface area contributed by atoms with Crippen LogP contribution in [-0.4, -0.2) is 43.9 Å². The van der Waals surface area contributed by atoms with Gasteiger partial charge in [0, 0.05) is 23.8 Å². The van der Waals surface area contributed by atoms with Gasteiger partial charge in [0.2, 0.25) is 0 Å². The number of aromatic nitrogens is 1. The number of nitrogens with zero attached hydrogens (tertiary/aromatic N) is 2. The predicted molar refractivity (Wildman–Crippen MR) is 77.0 cm³/mol. The largest absolute Gasteiger partial charge is 0.377 e. The molecule has 1 N–H and O–H groups in total. The Morgan fingerprint density at radius 2 is 2.47 bits per heavy atom. The minimum Gasteiger partial charge on any atom is -0.377 e. The van der Waals surface area contributed by atoms with Crippen LogP contribution in [0, 0.1) is 5.82 Å². The van der Waals surface area contributed by atoms with Gasteiger partial charge < -0.3 is 15.0 Å². The summed E-state index contributed by atoms with van der Waals surface area (Å²) in [6.45, 7) is 5.75. The van der Waals surface area contributed by atoms with Gasteiger partial charge in [-0.1, -0.05) is 6.92 Å². The fraction of sp³-hybridized carbons (Fsp3) is 0.615. The first-order valence-corrected chi connectivity index (χ1v) is 7.37. The van der Waals surface area contributed by atoms with E-state index in [1.807, 2.05) is 4.90 Å². The summed E-state index contributed by atoms with van der Waals surface area (Å²) in [5.74, 6) is 0.117. The molecule has 1 fully saturated rings. The van der Waals surface area contributed by atoms with Crippen LogP contribution in [0.2, 0.25) is 0 Å². The molecule has 1 unspecified atom stereocenters. The Balaban J connectivity index is 2.09. The Kier molecular flexibility index (Phi) is 5.54. The van der Waals surface area contributed by atoms with Crippen molar-refractivity contribution in [2.24, 2.45) is 0 Å². The van der Waals surface area contributed by atoms with E-state index in [4.69, 9.17) is 4.74 Å². The van der Waals surface area contributed by atoms with E-state index in [0.717, 1.165) is 19.5 Å². The first-order chi connectivity index (χ1) is 9.22. The molecule has 0 spiro atoms. The molecule has 1 aliphatic rings. The molecular formula is C13H19BrFN3O. The van der Waals surface area contributed by atoms with Crippen molar-refractivity contribution in [3.05, 3.63) is 22.6 Å². The molecule has 1 atom stereocenters. The molecule has 2 heterocycles. The van der Waals surface area contributed by atoms with E-state index in [-0.39, 0.29) is 11.9 Å². The molecule has 0 aromatic carbocycles. The lowest BCUT2D eigenvalue weighted by molar-refractivity contribution is 0.0930. The minimum absolute atomic E-state index is 0.128. The van der Waals surface area contributed by atoms with Crippen LogP contribution in [0.15, 0.2) is 16.7 Å². The second-order valence-electron chi connectivity index (χ2n) is 4.59. The number of rotatable bonds is 5. The Bertz CT molecular complexity index is 419. The number of anilines is 1. The van der Waals surface area contributed by atoms with E-state index in [0.29, 0.717) is 30.0 Å². The smallest absolute Gasteiger partial charge is 0.166 e. The van der Waals surface area contributed by atoms with Gasteiger partial charge in [-0.15, -0.1) is 0 Å². The number of hydrogen-bond acceptors (Lipinski definition) is 4. The average Bonchev–Trinajstić information content (AvgIpc) is 2.40. The summed E-state index contributed by atoms with van der Waals surface area (Å²) in [5, 5.41) is 3.35. The lowest BCUT2D eigenvalue weighted by atomic mass is 10.2. The standard InChI is InChI=1S/C13H19BrFN3O/c1-2-3-16-8-11-9-19-5-4-18(11)13-12(15)6-10(14)7-17-13/h6-7,11,16H,2-5,8-9H2,1H3. The van der Waals surface area contributed by atoms with Crippen LogP contribution in [0.25, 0.3) is 0 Å². The first kappa shape index (κ1) is 14.7. The highest BCUT2D eigenvalue weighted by atomic mass is 79.9. The normalized spacial score (nSPS) is 19.7. The van der Waals surface area contributed by atoms with Gasteiger partial charge in [0.15, 0.2) is 11.6 Å². The molecular weight excluding hydrogens is 313 g/mol. The lowest BCUT2D eigenvalue weighted by Crippen LogP contribution is -2.51. The zero-order chi connectivity index (χ0) is 13.7. The molecule has 0 aliphatic carbocycles. The molecule has 0 bridgehead atoms. The Labute approximate surface area is 121 Å². The quantitative estimate of drug-likeness (QED) is 0.839. The van der Waals surface area contributed by atoms with Gasteiger partial charge in [-0.2, -0.15) is 0 Å². The third-order valence-electron chi connectivity index (χ3n) is 3.09. The van der Waals surface area contributed by atoms with Crippen molar-refractivity contribution in [3.8, 4) is 0 Å². The number of ether oxygens (including phenoxy) is 1. The fourth-order valence-electron chi connectivity index (χ4n) is 2.17. The van der Waals surface area contributed by atoms with Gasteiger partial charge >= 0.3 is 0 Å². The molecule has 1 aliphatic heterocycles. The van der Waals surface area contributed by atoms with Crippen molar-refractivity contribution < 1.29 is 9.13 Å². The van der Waals surface area contributed by atoms with E-state index in [1.54, 1.807) is 6.20 Å². The van der Waals surface area contributed by atoms with Crippen LogP contribution in [0.4, 0.5) is 10.2 Å². The van der Waals surface area contributed by atoms with Gasteiger partial charge in [-0.3, -0.25) is 0 Å². The zero-order valence-electron chi connectivity index (χ0n) is 11.0. The maximum Gasteiger partial charge on any atom is 0.166 e. The molecule has 0 saturated carbocycles. The van der Waals surface area contributed by atoms with E-state index in [9.17, 15) is 4.39 Å². The molecule has 4 nitrogen and oxygen atoms in total. The lowest BCUT2D eigenvalue weighted by Gasteiger charge is -2.36. The van der Waals surface area contributed by atoms with Crippen LogP contribution in [0.3, 0.4) is 0 Å². The second kappa shape index (κ2) is 7.17. The highest BCUT2D eigenvalue weighted by Gasteiger charge is 2.26. The van der Waals surface area contributed by atoms with E-state index < -0.39 is 0 Å². The molecule has 2 rings (SSSR count). The predicted octanol–water partition coefficient (Wildman–Crippen LogP) is 2.19. The number of nitrogens with one attached hydrogen (secondary N) is 1. The van der Waals surface area contributed by atoms with Crippen molar-refractivity contribution in [2.45, 2.75) is 19.4 Å². The summed E-state index contributed by atoms with van der Waals surface area (Å²) in [5.41, 5.74) is 0. The van der Waals surface area contributed by atoms with Gasteiger partial charge in [0.05, 0.1) is 19.3 Å². The maximum absolute atomic E-state index is 14.0. The second-order valence-corrected chi connectivity index (χ2v) is 5.50. The maximum atomic E-state index is 14.0. The number of morpholine rings is 1. The Morgan fingerprint density at radius 3 is 3.21 bits per heavy atom. The molecule has 1 aromatic heterocycles. The van der Waals surface area contributed by atoms with Crippen LogP contribution in [0.5, 0.6) is 0 Å². The number of halogens is 2. The van der Waals surface area contributed by atoms with E-state index >= 15 is 0 Å². The van der Waals surface area contributed by atoms with Gasteiger partial charge in [0.25, 0.3) is 0 Å². The monoisotopic (exact) mass is 331 g/mol. The van der Waals surface area contributed by atoms with Crippen molar-refractivity contribution in [1.29, 1.82) is 0 Å². The topological polar surface area (TPSA) is 37.4 Å². The highest BCUT2D eigenvalue weighted by molar-refractivity contribution is 9.10. The SMILES string of the molecule is CCCNCC1COCCN1c1ncc(Br)cc1F. The van der Waals surface area contributed by atoms with Crippen LogP contribution in [-0.2, 0) is 4.74 Å². The fourth-order valence-corrected chi connectivity index (χ4v) is 2.47. The van der Waals surface area contributed by atoms with Gasteiger partial charge in [0.1, 0.15) is 0 Å². The van der Waals surface area contributed by atoms with Crippen LogP contribution in [0.1, 0.15) is 13.3 Å². The molecule has 0 amide bonds. The van der Waals surface area contributed by atoms with Gasteiger partial charge in [-0.05, 0) is 35.0 Å². The number of pyridine rings is 1. The zero-order valence-corrected chi connectivity index (χ0v) is 12.6. The molecule has 19 heavy (non-hydrogen) atoms. The highest BCUT2D eigenvalue weighted by Crippen LogP contribution is 2.23.